The average molecular weight is 282 g/mol. The van der Waals surface area contributed by atoms with Gasteiger partial charge in [0.2, 0.25) is 0 Å². The minimum absolute atomic E-state index is 0.277. The number of hydrogen-bond donors (Lipinski definition) is 2. The zero-order valence-corrected chi connectivity index (χ0v) is 12.2. The van der Waals surface area contributed by atoms with Crippen molar-refractivity contribution in [3.8, 4) is 17.7 Å². The number of carboxylic acid groups (broad SMARTS) is 1. The standard InChI is InChI=1S/C17H18N2O2/c1-3-4-16-12(2)19(11-14(16)9-10-18)15-7-5-13(6-8-15)17(20)21/h5-8,11H,3-4,18H2,1-2H3,(H,20,21). The van der Waals surface area contributed by atoms with E-state index >= 15 is 0 Å². The number of carbonyl (C=O) groups is 1. The van der Waals surface area contributed by atoms with E-state index in [9.17, 15) is 4.79 Å². The average Bonchev–Trinajstić information content (AvgIpc) is 2.77. The molecule has 0 aliphatic rings. The molecule has 0 spiro atoms. The molecule has 4 nitrogen and oxygen atoms in total. The van der Waals surface area contributed by atoms with Gasteiger partial charge in [0.05, 0.1) is 5.56 Å². The fraction of sp³-hybridized carbons (Fsp3) is 0.235. The molecule has 0 aliphatic carbocycles. The Labute approximate surface area is 124 Å². The summed E-state index contributed by atoms with van der Waals surface area (Å²) in [4.78, 5) is 10.9. The molecule has 108 valence electrons. The summed E-state index contributed by atoms with van der Waals surface area (Å²) in [5.74, 6) is 2.01. The van der Waals surface area contributed by atoms with Crippen LogP contribution in [0.3, 0.4) is 0 Å². The Hall–Kier alpha value is -2.67. The van der Waals surface area contributed by atoms with Gasteiger partial charge in [-0.05, 0) is 49.1 Å². The molecule has 1 aromatic carbocycles. The number of rotatable bonds is 4. The van der Waals surface area contributed by atoms with Gasteiger partial charge in [-0.1, -0.05) is 13.3 Å². The Bertz CT molecular complexity index is 716. The fourth-order valence-electron chi connectivity index (χ4n) is 2.43. The van der Waals surface area contributed by atoms with Crippen molar-refractivity contribution < 1.29 is 9.90 Å². The van der Waals surface area contributed by atoms with E-state index in [1.807, 2.05) is 17.7 Å². The van der Waals surface area contributed by atoms with Crippen LogP contribution < -0.4 is 5.73 Å². The van der Waals surface area contributed by atoms with Crippen LogP contribution in [0.1, 0.15) is 40.5 Å². The third-order valence-corrected chi connectivity index (χ3v) is 3.48. The van der Waals surface area contributed by atoms with E-state index in [0.717, 1.165) is 29.8 Å². The van der Waals surface area contributed by atoms with Crippen molar-refractivity contribution in [1.29, 1.82) is 0 Å². The lowest BCUT2D eigenvalue weighted by atomic mass is 10.1. The van der Waals surface area contributed by atoms with E-state index < -0.39 is 5.97 Å². The van der Waals surface area contributed by atoms with Crippen LogP contribution >= 0.6 is 0 Å². The lowest BCUT2D eigenvalue weighted by Gasteiger charge is -2.07. The van der Waals surface area contributed by atoms with Gasteiger partial charge in [-0.15, -0.1) is 0 Å². The highest BCUT2D eigenvalue weighted by Gasteiger charge is 2.12. The van der Waals surface area contributed by atoms with Crippen LogP contribution in [0.5, 0.6) is 0 Å². The molecule has 0 fully saturated rings. The van der Waals surface area contributed by atoms with Gasteiger partial charge >= 0.3 is 5.97 Å². The Kier molecular flexibility index (Phi) is 4.34. The molecule has 0 unspecified atom stereocenters. The molecule has 1 heterocycles. The second kappa shape index (κ2) is 6.19. The SMILES string of the molecule is CCCc1c(C#CN)cn(-c2ccc(C(=O)O)cc2)c1C. The maximum atomic E-state index is 10.9. The summed E-state index contributed by atoms with van der Waals surface area (Å²) in [5.41, 5.74) is 9.77. The minimum atomic E-state index is -0.924. The van der Waals surface area contributed by atoms with Gasteiger partial charge in [0.1, 0.15) is 0 Å². The lowest BCUT2D eigenvalue weighted by molar-refractivity contribution is 0.0697. The minimum Gasteiger partial charge on any atom is -0.478 e. The summed E-state index contributed by atoms with van der Waals surface area (Å²) in [7, 11) is 0. The molecule has 0 radical (unpaired) electrons. The Morgan fingerprint density at radius 2 is 2.00 bits per heavy atom. The summed E-state index contributed by atoms with van der Waals surface area (Å²) >= 11 is 0. The first kappa shape index (κ1) is 14.7. The molecule has 0 amide bonds. The van der Waals surface area contributed by atoms with E-state index in [1.165, 1.54) is 5.56 Å². The van der Waals surface area contributed by atoms with E-state index in [1.54, 1.807) is 24.3 Å². The molecule has 0 saturated carbocycles. The van der Waals surface area contributed by atoms with Crippen LogP contribution in [-0.4, -0.2) is 15.6 Å². The Balaban J connectivity index is 2.50. The third-order valence-electron chi connectivity index (χ3n) is 3.48. The first-order valence-electron chi connectivity index (χ1n) is 6.84. The summed E-state index contributed by atoms with van der Waals surface area (Å²) in [5, 5.41) is 8.95. The highest BCUT2D eigenvalue weighted by atomic mass is 16.4. The van der Waals surface area contributed by atoms with Crippen molar-refractivity contribution in [2.75, 3.05) is 0 Å². The van der Waals surface area contributed by atoms with Crippen LogP contribution in [0.4, 0.5) is 0 Å². The van der Waals surface area contributed by atoms with Crippen molar-refractivity contribution in [3.63, 3.8) is 0 Å². The maximum Gasteiger partial charge on any atom is 0.335 e. The molecular weight excluding hydrogens is 264 g/mol. The summed E-state index contributed by atoms with van der Waals surface area (Å²) in [6, 6.07) is 9.26. The van der Waals surface area contributed by atoms with Crippen LogP contribution in [-0.2, 0) is 6.42 Å². The number of nitrogens with zero attached hydrogens (tertiary/aromatic N) is 1. The topological polar surface area (TPSA) is 68.2 Å². The maximum absolute atomic E-state index is 10.9. The van der Waals surface area contributed by atoms with Crippen molar-refractivity contribution in [3.05, 3.63) is 52.8 Å². The van der Waals surface area contributed by atoms with E-state index in [4.69, 9.17) is 10.8 Å². The van der Waals surface area contributed by atoms with Crippen molar-refractivity contribution >= 4 is 5.97 Å². The van der Waals surface area contributed by atoms with E-state index in [-0.39, 0.29) is 5.56 Å². The van der Waals surface area contributed by atoms with Gasteiger partial charge < -0.3 is 15.4 Å². The van der Waals surface area contributed by atoms with Crippen LogP contribution in [0, 0.1) is 18.9 Å². The van der Waals surface area contributed by atoms with E-state index in [2.05, 4.69) is 18.9 Å². The smallest absolute Gasteiger partial charge is 0.335 e. The Morgan fingerprint density at radius 3 is 2.52 bits per heavy atom. The van der Waals surface area contributed by atoms with E-state index in [0.29, 0.717) is 0 Å². The van der Waals surface area contributed by atoms with Crippen LogP contribution in [0.15, 0.2) is 30.5 Å². The normalized spacial score (nSPS) is 10.0. The van der Waals surface area contributed by atoms with Crippen molar-refractivity contribution in [1.82, 2.24) is 4.57 Å². The lowest BCUT2D eigenvalue weighted by Crippen LogP contribution is -1.99. The first-order chi connectivity index (χ1) is 10.1. The number of aromatic nitrogens is 1. The molecule has 0 atom stereocenters. The van der Waals surface area contributed by atoms with Gasteiger partial charge in [-0.25, -0.2) is 4.79 Å². The summed E-state index contributed by atoms with van der Waals surface area (Å²) in [6.45, 7) is 4.16. The highest BCUT2D eigenvalue weighted by molar-refractivity contribution is 5.87. The number of nitrogens with two attached hydrogens (primary N) is 1. The molecule has 0 bridgehead atoms. The Morgan fingerprint density at radius 1 is 1.33 bits per heavy atom. The molecule has 21 heavy (non-hydrogen) atoms. The highest BCUT2D eigenvalue weighted by Crippen LogP contribution is 2.22. The monoisotopic (exact) mass is 282 g/mol. The number of benzene rings is 1. The van der Waals surface area contributed by atoms with Gasteiger partial charge in [-0.2, -0.15) is 0 Å². The van der Waals surface area contributed by atoms with Gasteiger partial charge in [0, 0.05) is 29.2 Å². The molecule has 0 saturated heterocycles. The third kappa shape index (κ3) is 2.92. The van der Waals surface area contributed by atoms with Gasteiger partial charge in [0.25, 0.3) is 0 Å². The van der Waals surface area contributed by atoms with Crippen LogP contribution in [0.25, 0.3) is 5.69 Å². The molecule has 1 aromatic heterocycles. The number of hydrogen-bond acceptors (Lipinski definition) is 2. The summed E-state index contributed by atoms with van der Waals surface area (Å²) < 4.78 is 2.02. The second-order valence-electron chi connectivity index (χ2n) is 4.85. The summed E-state index contributed by atoms with van der Waals surface area (Å²) in [6.07, 6.45) is 3.92. The fourth-order valence-corrected chi connectivity index (χ4v) is 2.43. The predicted octanol–water partition coefficient (Wildman–Crippen LogP) is 2.70. The molecule has 2 aromatic rings. The zero-order chi connectivity index (χ0) is 15.4. The number of carboxylic acids is 1. The van der Waals surface area contributed by atoms with Gasteiger partial charge in [-0.3, -0.25) is 0 Å². The molecule has 4 heteroatoms. The second-order valence-corrected chi connectivity index (χ2v) is 4.85. The number of aromatic carboxylic acids is 1. The molecule has 3 N–H and O–H groups in total. The quantitative estimate of drug-likeness (QED) is 0.669. The molecule has 0 aliphatic heterocycles. The first-order valence-corrected chi connectivity index (χ1v) is 6.84. The molecular formula is C17H18N2O2. The zero-order valence-electron chi connectivity index (χ0n) is 12.2. The molecule has 2 rings (SSSR count). The van der Waals surface area contributed by atoms with Gasteiger partial charge in [0.15, 0.2) is 0 Å². The van der Waals surface area contributed by atoms with Crippen molar-refractivity contribution in [2.24, 2.45) is 5.73 Å². The largest absolute Gasteiger partial charge is 0.478 e. The van der Waals surface area contributed by atoms with Crippen molar-refractivity contribution in [2.45, 2.75) is 26.7 Å². The predicted molar refractivity (Wildman–Crippen MR) is 82.5 cm³/mol. The van der Waals surface area contributed by atoms with Crippen LogP contribution in [0.2, 0.25) is 0 Å².